The monoisotopic (exact) mass is 214 g/mol. The van der Waals surface area contributed by atoms with Crippen molar-refractivity contribution in [3.8, 4) is 0 Å². The molecule has 2 N–H and O–H groups in total. The van der Waals surface area contributed by atoms with Crippen molar-refractivity contribution in [3.63, 3.8) is 0 Å². The number of aliphatic hydroxyl groups is 1. The third kappa shape index (κ3) is 1.75. The third-order valence-corrected chi connectivity index (χ3v) is 2.93. The predicted octanol–water partition coefficient (Wildman–Crippen LogP) is 2.21. The minimum Gasteiger partial charge on any atom is -0.380 e. The van der Waals surface area contributed by atoms with E-state index in [9.17, 15) is 5.11 Å². The Bertz CT molecular complexity index is 385. The molecule has 0 aliphatic rings. The minimum absolute atomic E-state index is 0.540. The van der Waals surface area contributed by atoms with Gasteiger partial charge in [-0.25, -0.2) is 4.98 Å². The maximum Gasteiger partial charge on any atom is 0.146 e. The van der Waals surface area contributed by atoms with Crippen LogP contribution in [0.1, 0.15) is 16.8 Å². The summed E-state index contributed by atoms with van der Waals surface area (Å²) in [6.45, 7) is 0. The van der Waals surface area contributed by atoms with Crippen LogP contribution in [0.25, 0.3) is 0 Å². The van der Waals surface area contributed by atoms with Gasteiger partial charge in [0.2, 0.25) is 0 Å². The lowest BCUT2D eigenvalue weighted by molar-refractivity contribution is 0.215. The number of imidazole rings is 1. The molecule has 0 amide bonds. The first-order valence-electron chi connectivity index (χ1n) is 3.70. The van der Waals surface area contributed by atoms with Gasteiger partial charge < -0.3 is 10.1 Å². The minimum atomic E-state index is -0.701. The van der Waals surface area contributed by atoms with Crippen LogP contribution in [0.5, 0.6) is 0 Å². The lowest BCUT2D eigenvalue weighted by Crippen LogP contribution is -1.98. The third-order valence-electron chi connectivity index (χ3n) is 1.64. The summed E-state index contributed by atoms with van der Waals surface area (Å²) in [5.74, 6) is 0.540. The Labute approximate surface area is 84.0 Å². The van der Waals surface area contributed by atoms with Gasteiger partial charge in [-0.2, -0.15) is 0 Å². The highest BCUT2D eigenvalue weighted by molar-refractivity contribution is 7.16. The fourth-order valence-electron chi connectivity index (χ4n) is 1.04. The van der Waals surface area contributed by atoms with E-state index in [0.717, 1.165) is 4.88 Å². The van der Waals surface area contributed by atoms with Crippen molar-refractivity contribution in [2.45, 2.75) is 6.10 Å². The van der Waals surface area contributed by atoms with E-state index in [1.54, 1.807) is 24.5 Å². The first-order chi connectivity index (χ1) is 6.27. The summed E-state index contributed by atoms with van der Waals surface area (Å²) >= 11 is 7.09. The Morgan fingerprint density at radius 2 is 2.38 bits per heavy atom. The summed E-state index contributed by atoms with van der Waals surface area (Å²) in [4.78, 5) is 7.60. The Morgan fingerprint density at radius 3 is 2.92 bits per heavy atom. The van der Waals surface area contributed by atoms with E-state index in [2.05, 4.69) is 9.97 Å². The van der Waals surface area contributed by atoms with Crippen LogP contribution in [0, 0.1) is 0 Å². The molecule has 68 valence electrons. The highest BCUT2D eigenvalue weighted by atomic mass is 35.5. The normalized spacial score (nSPS) is 13.1. The first-order valence-corrected chi connectivity index (χ1v) is 4.89. The SMILES string of the molecule is OC(c1ncc[nH]1)c1ccc(Cl)s1. The molecule has 13 heavy (non-hydrogen) atoms. The van der Waals surface area contributed by atoms with E-state index in [1.165, 1.54) is 11.3 Å². The van der Waals surface area contributed by atoms with E-state index < -0.39 is 6.10 Å². The molecule has 0 saturated heterocycles. The molecule has 0 bridgehead atoms. The van der Waals surface area contributed by atoms with Gasteiger partial charge >= 0.3 is 0 Å². The largest absolute Gasteiger partial charge is 0.380 e. The molecule has 0 spiro atoms. The van der Waals surface area contributed by atoms with Crippen molar-refractivity contribution in [3.05, 3.63) is 39.6 Å². The molecule has 1 atom stereocenters. The maximum atomic E-state index is 9.75. The Hall–Kier alpha value is -0.840. The zero-order chi connectivity index (χ0) is 9.26. The number of nitrogens with one attached hydrogen (secondary N) is 1. The number of nitrogens with zero attached hydrogens (tertiary/aromatic N) is 1. The van der Waals surface area contributed by atoms with E-state index in [-0.39, 0.29) is 0 Å². The van der Waals surface area contributed by atoms with Crippen molar-refractivity contribution in [1.29, 1.82) is 0 Å². The molecule has 0 radical (unpaired) electrons. The molecule has 2 rings (SSSR count). The van der Waals surface area contributed by atoms with E-state index in [0.29, 0.717) is 10.2 Å². The van der Waals surface area contributed by atoms with Crippen LogP contribution in [-0.4, -0.2) is 15.1 Å². The molecule has 3 nitrogen and oxygen atoms in total. The van der Waals surface area contributed by atoms with Gasteiger partial charge in [0.05, 0.1) is 4.34 Å². The van der Waals surface area contributed by atoms with Gasteiger partial charge in [0.25, 0.3) is 0 Å². The maximum absolute atomic E-state index is 9.75. The van der Waals surface area contributed by atoms with Crippen molar-refractivity contribution in [2.24, 2.45) is 0 Å². The molecule has 2 aromatic heterocycles. The lowest BCUT2D eigenvalue weighted by Gasteiger charge is -2.03. The molecular weight excluding hydrogens is 208 g/mol. The summed E-state index contributed by atoms with van der Waals surface area (Å²) in [6, 6.07) is 3.55. The Kier molecular flexibility index (Phi) is 2.35. The number of aliphatic hydroxyl groups excluding tert-OH is 1. The second-order valence-corrected chi connectivity index (χ2v) is 4.27. The highest BCUT2D eigenvalue weighted by Gasteiger charge is 2.14. The zero-order valence-electron chi connectivity index (χ0n) is 6.57. The van der Waals surface area contributed by atoms with Gasteiger partial charge in [-0.1, -0.05) is 11.6 Å². The van der Waals surface area contributed by atoms with Crippen molar-refractivity contribution in [1.82, 2.24) is 9.97 Å². The summed E-state index contributed by atoms with van der Waals surface area (Å²) < 4.78 is 0.667. The van der Waals surface area contributed by atoms with Crippen molar-refractivity contribution in [2.75, 3.05) is 0 Å². The fraction of sp³-hybridized carbons (Fsp3) is 0.125. The number of aromatic nitrogens is 2. The lowest BCUT2D eigenvalue weighted by atomic mass is 10.3. The number of halogens is 1. The quantitative estimate of drug-likeness (QED) is 0.805. The van der Waals surface area contributed by atoms with E-state index >= 15 is 0 Å². The number of hydrogen-bond donors (Lipinski definition) is 2. The molecular formula is C8H7ClN2OS. The topological polar surface area (TPSA) is 48.9 Å². The zero-order valence-corrected chi connectivity index (χ0v) is 8.14. The van der Waals surface area contributed by atoms with Crippen LogP contribution in [0.4, 0.5) is 0 Å². The number of aromatic amines is 1. The molecule has 0 aliphatic heterocycles. The number of thiophene rings is 1. The van der Waals surface area contributed by atoms with Crippen LogP contribution in [0.15, 0.2) is 24.5 Å². The van der Waals surface area contributed by atoms with Crippen LogP contribution in [0.2, 0.25) is 4.34 Å². The van der Waals surface area contributed by atoms with Crippen LogP contribution >= 0.6 is 22.9 Å². The summed E-state index contributed by atoms with van der Waals surface area (Å²) in [5, 5.41) is 9.75. The molecule has 0 saturated carbocycles. The van der Waals surface area contributed by atoms with Gasteiger partial charge in [-0.15, -0.1) is 11.3 Å². The second kappa shape index (κ2) is 3.49. The molecule has 0 fully saturated rings. The standard InChI is InChI=1S/C8H7ClN2OS/c9-6-2-1-5(13-6)7(12)8-10-3-4-11-8/h1-4,7,12H,(H,10,11). The number of hydrogen-bond acceptors (Lipinski definition) is 3. The van der Waals surface area contributed by atoms with Crippen molar-refractivity contribution >= 4 is 22.9 Å². The second-order valence-electron chi connectivity index (χ2n) is 2.52. The average Bonchev–Trinajstić information content (AvgIpc) is 2.72. The first kappa shape index (κ1) is 8.74. The number of H-pyrrole nitrogens is 1. The molecule has 2 heterocycles. The smallest absolute Gasteiger partial charge is 0.146 e. The molecule has 0 aromatic carbocycles. The Morgan fingerprint density at radius 1 is 1.54 bits per heavy atom. The van der Waals surface area contributed by atoms with Crippen LogP contribution in [0.3, 0.4) is 0 Å². The molecule has 2 aromatic rings. The Balaban J connectivity index is 2.28. The molecule has 0 aliphatic carbocycles. The van der Waals surface area contributed by atoms with Gasteiger partial charge in [0, 0.05) is 17.3 Å². The van der Waals surface area contributed by atoms with Crippen LogP contribution in [-0.2, 0) is 0 Å². The summed E-state index contributed by atoms with van der Waals surface area (Å²) in [5.41, 5.74) is 0. The van der Waals surface area contributed by atoms with E-state index in [4.69, 9.17) is 11.6 Å². The average molecular weight is 215 g/mol. The predicted molar refractivity (Wildman–Crippen MR) is 52.0 cm³/mol. The van der Waals surface area contributed by atoms with E-state index in [1.807, 2.05) is 0 Å². The molecule has 1 unspecified atom stereocenters. The fourth-order valence-corrected chi connectivity index (χ4v) is 2.09. The van der Waals surface area contributed by atoms with Gasteiger partial charge in [0.15, 0.2) is 0 Å². The summed E-state index contributed by atoms with van der Waals surface area (Å²) in [7, 11) is 0. The van der Waals surface area contributed by atoms with Gasteiger partial charge in [0.1, 0.15) is 11.9 Å². The summed E-state index contributed by atoms with van der Waals surface area (Å²) in [6.07, 6.45) is 2.58. The number of rotatable bonds is 2. The van der Waals surface area contributed by atoms with Gasteiger partial charge in [-0.05, 0) is 12.1 Å². The van der Waals surface area contributed by atoms with Gasteiger partial charge in [-0.3, -0.25) is 0 Å². The van der Waals surface area contributed by atoms with Crippen LogP contribution < -0.4 is 0 Å². The van der Waals surface area contributed by atoms with Crippen molar-refractivity contribution < 1.29 is 5.11 Å². The highest BCUT2D eigenvalue weighted by Crippen LogP contribution is 2.29. The molecule has 5 heteroatoms.